The van der Waals surface area contributed by atoms with Gasteiger partial charge in [-0.1, -0.05) is 24.3 Å². The van der Waals surface area contributed by atoms with Crippen LogP contribution < -0.4 is 5.32 Å². The standard InChI is InChI=1S/C20H26BN3O3/c1-15(25)22-13-17(21-26-19(2,3)20(4,5)27-21)11-16-12-23-24(14-16)18-9-7-6-8-10-18/h6-12,14H,13H2,1-5H3,(H,22,25). The Hall–Kier alpha value is -2.38. The number of nitrogens with one attached hydrogen (secondary N) is 1. The third-order valence-electron chi connectivity index (χ3n) is 5.07. The maximum Gasteiger partial charge on any atom is 0.492 e. The first kappa shape index (κ1) is 19.4. The third-order valence-corrected chi connectivity index (χ3v) is 5.07. The van der Waals surface area contributed by atoms with E-state index >= 15 is 0 Å². The van der Waals surface area contributed by atoms with E-state index in [4.69, 9.17) is 9.31 Å². The van der Waals surface area contributed by atoms with Gasteiger partial charge in [0.1, 0.15) is 0 Å². The molecule has 142 valence electrons. The zero-order valence-electron chi connectivity index (χ0n) is 16.5. The average Bonchev–Trinajstić information content (AvgIpc) is 3.14. The van der Waals surface area contributed by atoms with Crippen molar-refractivity contribution in [3.63, 3.8) is 0 Å². The number of rotatable bonds is 5. The van der Waals surface area contributed by atoms with E-state index in [1.54, 1.807) is 6.20 Å². The Morgan fingerprint density at radius 2 is 1.81 bits per heavy atom. The predicted octanol–water partition coefficient (Wildman–Crippen LogP) is 3.02. The molecule has 3 rings (SSSR count). The van der Waals surface area contributed by atoms with Crippen molar-refractivity contribution < 1.29 is 14.1 Å². The fourth-order valence-electron chi connectivity index (χ4n) is 2.77. The Morgan fingerprint density at radius 3 is 2.41 bits per heavy atom. The van der Waals surface area contributed by atoms with Crippen LogP contribution in [0.5, 0.6) is 0 Å². The molecule has 0 radical (unpaired) electrons. The Bertz CT molecular complexity index is 827. The minimum atomic E-state index is -0.526. The average molecular weight is 367 g/mol. The molecule has 0 aliphatic carbocycles. The Balaban J connectivity index is 1.87. The van der Waals surface area contributed by atoms with Gasteiger partial charge in [0.05, 0.1) is 23.1 Å². The summed E-state index contributed by atoms with van der Waals surface area (Å²) in [6.45, 7) is 9.89. The molecule has 1 aliphatic heterocycles. The molecule has 0 saturated carbocycles. The molecule has 0 bridgehead atoms. The number of carbonyl (C=O) groups is 1. The Kier molecular flexibility index (Phi) is 5.26. The van der Waals surface area contributed by atoms with Crippen LogP contribution in [0.1, 0.15) is 40.2 Å². The van der Waals surface area contributed by atoms with Gasteiger partial charge in [0.2, 0.25) is 5.91 Å². The van der Waals surface area contributed by atoms with Crippen LogP contribution in [0.2, 0.25) is 0 Å². The largest absolute Gasteiger partial charge is 0.492 e. The van der Waals surface area contributed by atoms with E-state index < -0.39 is 18.3 Å². The van der Waals surface area contributed by atoms with Crippen LogP contribution in [-0.4, -0.2) is 40.6 Å². The summed E-state index contributed by atoms with van der Waals surface area (Å²) in [7, 11) is -0.526. The van der Waals surface area contributed by atoms with Crippen LogP contribution in [0.25, 0.3) is 11.8 Å². The number of nitrogens with zero attached hydrogens (tertiary/aromatic N) is 2. The van der Waals surface area contributed by atoms with E-state index in [1.807, 2.05) is 75.0 Å². The van der Waals surface area contributed by atoms with E-state index in [2.05, 4.69) is 10.4 Å². The van der Waals surface area contributed by atoms with E-state index in [0.29, 0.717) is 6.54 Å². The van der Waals surface area contributed by atoms with Gasteiger partial charge >= 0.3 is 7.12 Å². The lowest BCUT2D eigenvalue weighted by Crippen LogP contribution is -2.41. The maximum absolute atomic E-state index is 11.4. The van der Waals surface area contributed by atoms with Gasteiger partial charge in [-0.2, -0.15) is 5.10 Å². The summed E-state index contributed by atoms with van der Waals surface area (Å²) in [5.41, 5.74) is 1.85. The number of para-hydroxylation sites is 1. The first-order valence-electron chi connectivity index (χ1n) is 9.08. The fourth-order valence-corrected chi connectivity index (χ4v) is 2.77. The normalized spacial score (nSPS) is 18.6. The van der Waals surface area contributed by atoms with Gasteiger partial charge in [0.25, 0.3) is 0 Å². The van der Waals surface area contributed by atoms with Gasteiger partial charge in [-0.05, 0) is 45.3 Å². The van der Waals surface area contributed by atoms with Gasteiger partial charge in [-0.3, -0.25) is 4.79 Å². The lowest BCUT2D eigenvalue weighted by molar-refractivity contribution is -0.118. The molecule has 1 saturated heterocycles. The molecule has 7 heteroatoms. The Labute approximate surface area is 160 Å². The molecule has 1 aliphatic rings. The highest BCUT2D eigenvalue weighted by Crippen LogP contribution is 2.38. The number of carbonyl (C=O) groups excluding carboxylic acids is 1. The number of hydrogen-bond acceptors (Lipinski definition) is 4. The molecule has 1 amide bonds. The van der Waals surface area contributed by atoms with Crippen molar-refractivity contribution in [2.45, 2.75) is 45.8 Å². The molecule has 6 nitrogen and oxygen atoms in total. The van der Waals surface area contributed by atoms with Gasteiger partial charge < -0.3 is 14.6 Å². The molecule has 27 heavy (non-hydrogen) atoms. The van der Waals surface area contributed by atoms with Crippen LogP contribution in [0.4, 0.5) is 0 Å². The zero-order valence-corrected chi connectivity index (χ0v) is 16.5. The van der Waals surface area contributed by atoms with Crippen molar-refractivity contribution in [1.82, 2.24) is 15.1 Å². The number of aromatic nitrogens is 2. The SMILES string of the molecule is CC(=O)NCC(=Cc1cnn(-c2ccccc2)c1)B1OC(C)(C)C(C)(C)O1. The van der Waals surface area contributed by atoms with Crippen LogP contribution in [0, 0.1) is 0 Å². The second-order valence-corrected chi connectivity index (χ2v) is 7.77. The summed E-state index contributed by atoms with van der Waals surface area (Å²) in [5.74, 6) is -0.0996. The molecule has 1 aromatic heterocycles. The van der Waals surface area contributed by atoms with Gasteiger partial charge in [-0.25, -0.2) is 4.68 Å². The van der Waals surface area contributed by atoms with Crippen LogP contribution in [-0.2, 0) is 14.1 Å². The Morgan fingerprint density at radius 1 is 1.19 bits per heavy atom. The zero-order chi connectivity index (χ0) is 19.7. The van der Waals surface area contributed by atoms with Gasteiger partial charge in [-0.15, -0.1) is 0 Å². The van der Waals surface area contributed by atoms with Crippen LogP contribution in [0.3, 0.4) is 0 Å². The molecule has 0 spiro atoms. The minimum Gasteiger partial charge on any atom is -0.400 e. The second kappa shape index (κ2) is 7.33. The van der Waals surface area contributed by atoms with E-state index in [0.717, 1.165) is 16.7 Å². The highest BCUT2D eigenvalue weighted by atomic mass is 16.7. The van der Waals surface area contributed by atoms with Crippen LogP contribution >= 0.6 is 0 Å². The molecule has 1 N–H and O–H groups in total. The van der Waals surface area contributed by atoms with Crippen molar-refractivity contribution in [2.75, 3.05) is 6.54 Å². The molecule has 2 heterocycles. The number of benzene rings is 1. The highest BCUT2D eigenvalue weighted by molar-refractivity contribution is 6.56. The summed E-state index contributed by atoms with van der Waals surface area (Å²) in [6.07, 6.45) is 5.69. The molecule has 1 fully saturated rings. The van der Waals surface area contributed by atoms with Gasteiger partial charge in [0.15, 0.2) is 0 Å². The van der Waals surface area contributed by atoms with Crippen molar-refractivity contribution in [2.24, 2.45) is 0 Å². The quantitative estimate of drug-likeness (QED) is 0.825. The summed E-state index contributed by atoms with van der Waals surface area (Å²) in [6, 6.07) is 9.90. The summed E-state index contributed by atoms with van der Waals surface area (Å²) in [4.78, 5) is 11.4. The van der Waals surface area contributed by atoms with Crippen LogP contribution in [0.15, 0.2) is 48.2 Å². The fraction of sp³-hybridized carbons (Fsp3) is 0.400. The maximum atomic E-state index is 11.4. The molecule has 2 aromatic rings. The number of hydrogen-bond donors (Lipinski definition) is 1. The molecular formula is C20H26BN3O3. The first-order chi connectivity index (χ1) is 12.7. The number of amides is 1. The highest BCUT2D eigenvalue weighted by Gasteiger charge is 2.52. The van der Waals surface area contributed by atoms with E-state index in [1.165, 1.54) is 6.92 Å². The second-order valence-electron chi connectivity index (χ2n) is 7.77. The summed E-state index contributed by atoms with van der Waals surface area (Å²) >= 11 is 0. The lowest BCUT2D eigenvalue weighted by atomic mass is 9.77. The molecule has 0 unspecified atom stereocenters. The predicted molar refractivity (Wildman–Crippen MR) is 106 cm³/mol. The lowest BCUT2D eigenvalue weighted by Gasteiger charge is -2.32. The summed E-state index contributed by atoms with van der Waals surface area (Å²) in [5, 5.41) is 7.26. The minimum absolute atomic E-state index is 0.0996. The summed E-state index contributed by atoms with van der Waals surface area (Å²) < 4.78 is 14.1. The van der Waals surface area contributed by atoms with E-state index in [9.17, 15) is 4.79 Å². The monoisotopic (exact) mass is 367 g/mol. The van der Waals surface area contributed by atoms with Gasteiger partial charge in [0, 0.05) is 25.2 Å². The third kappa shape index (κ3) is 4.31. The van der Waals surface area contributed by atoms with Crippen molar-refractivity contribution in [3.05, 3.63) is 53.8 Å². The van der Waals surface area contributed by atoms with Crippen molar-refractivity contribution >= 4 is 19.1 Å². The topological polar surface area (TPSA) is 65.4 Å². The van der Waals surface area contributed by atoms with Crippen molar-refractivity contribution in [1.29, 1.82) is 0 Å². The molecular weight excluding hydrogens is 341 g/mol. The molecule has 0 atom stereocenters. The smallest absolute Gasteiger partial charge is 0.400 e. The van der Waals surface area contributed by atoms with E-state index in [-0.39, 0.29) is 5.91 Å². The first-order valence-corrected chi connectivity index (χ1v) is 9.08. The van der Waals surface area contributed by atoms with Crippen molar-refractivity contribution in [3.8, 4) is 5.69 Å². The molecule has 1 aromatic carbocycles.